The Morgan fingerprint density at radius 1 is 1.58 bits per heavy atom. The van der Waals surface area contributed by atoms with Crippen molar-refractivity contribution in [2.75, 3.05) is 24.5 Å². The van der Waals surface area contributed by atoms with Gasteiger partial charge in [0.2, 0.25) is 5.82 Å². The lowest BCUT2D eigenvalue weighted by Crippen LogP contribution is -2.39. The van der Waals surface area contributed by atoms with Gasteiger partial charge in [-0.25, -0.2) is 4.68 Å². The van der Waals surface area contributed by atoms with E-state index in [4.69, 9.17) is 5.73 Å². The molecular weight excluding hydrogens is 293 g/mol. The minimum atomic E-state index is -0.381. The molecule has 2 N–H and O–H groups in total. The Balaban J connectivity index is 0.00000162. The van der Waals surface area contributed by atoms with Crippen LogP contribution in [0.1, 0.15) is 12.8 Å². The zero-order chi connectivity index (χ0) is 12.4. The van der Waals surface area contributed by atoms with Crippen LogP contribution in [-0.4, -0.2) is 34.3 Å². The highest BCUT2D eigenvalue weighted by Crippen LogP contribution is 2.30. The second kappa shape index (κ2) is 7.52. The quantitative estimate of drug-likeness (QED) is 0.672. The van der Waals surface area contributed by atoms with Gasteiger partial charge >= 0.3 is 5.69 Å². The summed E-state index contributed by atoms with van der Waals surface area (Å²) in [6.45, 7) is 2.23. The number of nitrogens with two attached hydrogens (primary N) is 1. The highest BCUT2D eigenvalue weighted by atomic mass is 35.5. The second-order valence-electron chi connectivity index (χ2n) is 4.42. The molecule has 1 fully saturated rings. The fraction of sp³-hybridized carbons (Fsp3) is 0.700. The van der Waals surface area contributed by atoms with E-state index in [0.29, 0.717) is 18.3 Å². The van der Waals surface area contributed by atoms with E-state index in [-0.39, 0.29) is 35.4 Å². The van der Waals surface area contributed by atoms with Crippen molar-refractivity contribution in [1.29, 1.82) is 0 Å². The molecule has 1 atom stereocenters. The SMILES string of the molecule is Cl.Cl.Cn1ncc([N+](=O)[O-])c1N1CCCC(CN)C1. The molecule has 1 saturated heterocycles. The monoisotopic (exact) mass is 311 g/mol. The van der Waals surface area contributed by atoms with Crippen LogP contribution in [-0.2, 0) is 7.05 Å². The molecule has 1 aromatic rings. The highest BCUT2D eigenvalue weighted by Gasteiger charge is 2.28. The van der Waals surface area contributed by atoms with E-state index in [2.05, 4.69) is 5.10 Å². The molecule has 0 saturated carbocycles. The molecular formula is C10H19Cl2N5O2. The van der Waals surface area contributed by atoms with E-state index in [9.17, 15) is 10.1 Å². The van der Waals surface area contributed by atoms with Crippen LogP contribution in [0.5, 0.6) is 0 Å². The molecule has 19 heavy (non-hydrogen) atoms. The van der Waals surface area contributed by atoms with E-state index in [1.165, 1.54) is 6.20 Å². The summed E-state index contributed by atoms with van der Waals surface area (Å²) in [5.41, 5.74) is 5.75. The van der Waals surface area contributed by atoms with E-state index in [0.717, 1.165) is 25.9 Å². The van der Waals surface area contributed by atoms with Crippen molar-refractivity contribution in [1.82, 2.24) is 9.78 Å². The first-order valence-corrected chi connectivity index (χ1v) is 5.75. The molecule has 7 nitrogen and oxygen atoms in total. The Labute approximate surface area is 124 Å². The largest absolute Gasteiger partial charge is 0.351 e. The van der Waals surface area contributed by atoms with E-state index < -0.39 is 0 Å². The number of halogens is 2. The molecule has 2 rings (SSSR count). The molecule has 0 aromatic carbocycles. The number of aryl methyl sites for hydroxylation is 1. The van der Waals surface area contributed by atoms with Crippen LogP contribution in [0.2, 0.25) is 0 Å². The lowest BCUT2D eigenvalue weighted by atomic mass is 9.98. The maximum Gasteiger partial charge on any atom is 0.331 e. The molecule has 110 valence electrons. The molecule has 0 radical (unpaired) electrons. The first kappa shape index (κ1) is 17.9. The van der Waals surface area contributed by atoms with Gasteiger partial charge in [0.25, 0.3) is 0 Å². The Morgan fingerprint density at radius 2 is 2.26 bits per heavy atom. The molecule has 1 aliphatic heterocycles. The third kappa shape index (κ3) is 3.71. The van der Waals surface area contributed by atoms with Gasteiger partial charge in [-0.1, -0.05) is 0 Å². The Hall–Kier alpha value is -1.05. The zero-order valence-corrected chi connectivity index (χ0v) is 12.3. The summed E-state index contributed by atoms with van der Waals surface area (Å²) in [6.07, 6.45) is 3.42. The van der Waals surface area contributed by atoms with Crippen LogP contribution in [0.3, 0.4) is 0 Å². The van der Waals surface area contributed by atoms with Gasteiger partial charge in [0.1, 0.15) is 6.20 Å². The van der Waals surface area contributed by atoms with Crippen LogP contribution >= 0.6 is 24.8 Å². The maximum atomic E-state index is 10.9. The average Bonchev–Trinajstić information content (AvgIpc) is 2.71. The predicted molar refractivity (Wildman–Crippen MR) is 78.3 cm³/mol. The molecule has 1 unspecified atom stereocenters. The summed E-state index contributed by atoms with van der Waals surface area (Å²) in [5, 5.41) is 14.9. The van der Waals surface area contributed by atoms with Crippen molar-refractivity contribution in [2.24, 2.45) is 18.7 Å². The average molecular weight is 312 g/mol. The van der Waals surface area contributed by atoms with Gasteiger partial charge in [-0.3, -0.25) is 10.1 Å². The number of aromatic nitrogens is 2. The maximum absolute atomic E-state index is 10.9. The zero-order valence-electron chi connectivity index (χ0n) is 10.7. The minimum Gasteiger partial charge on any atom is -0.351 e. The Kier molecular flexibility index (Phi) is 7.10. The number of hydrogen-bond donors (Lipinski definition) is 1. The lowest BCUT2D eigenvalue weighted by Gasteiger charge is -2.32. The number of anilines is 1. The summed E-state index contributed by atoms with van der Waals surface area (Å²) in [7, 11) is 1.73. The number of piperidine rings is 1. The van der Waals surface area contributed by atoms with Crippen molar-refractivity contribution in [3.63, 3.8) is 0 Å². The molecule has 0 aliphatic carbocycles. The van der Waals surface area contributed by atoms with Gasteiger partial charge < -0.3 is 10.6 Å². The van der Waals surface area contributed by atoms with Crippen LogP contribution < -0.4 is 10.6 Å². The van der Waals surface area contributed by atoms with Crippen molar-refractivity contribution in [3.8, 4) is 0 Å². The molecule has 1 aliphatic rings. The van der Waals surface area contributed by atoms with Crippen LogP contribution in [0.4, 0.5) is 11.5 Å². The third-order valence-electron chi connectivity index (χ3n) is 3.24. The minimum absolute atomic E-state index is 0. The van der Waals surface area contributed by atoms with E-state index in [1.54, 1.807) is 11.7 Å². The Bertz CT molecular complexity index is 426. The molecule has 1 aromatic heterocycles. The fourth-order valence-corrected chi connectivity index (χ4v) is 2.36. The van der Waals surface area contributed by atoms with Crippen LogP contribution in [0.15, 0.2) is 6.20 Å². The summed E-state index contributed by atoms with van der Waals surface area (Å²) < 4.78 is 1.57. The lowest BCUT2D eigenvalue weighted by molar-refractivity contribution is -0.384. The fourth-order valence-electron chi connectivity index (χ4n) is 2.36. The summed E-state index contributed by atoms with van der Waals surface area (Å²) >= 11 is 0. The van der Waals surface area contributed by atoms with Gasteiger partial charge in [-0.15, -0.1) is 24.8 Å². The Morgan fingerprint density at radius 3 is 2.84 bits per heavy atom. The predicted octanol–water partition coefficient (Wildman–Crippen LogP) is 1.35. The van der Waals surface area contributed by atoms with Gasteiger partial charge in [0, 0.05) is 20.1 Å². The van der Waals surface area contributed by atoms with E-state index >= 15 is 0 Å². The number of nitro groups is 1. The number of nitrogens with zero attached hydrogens (tertiary/aromatic N) is 4. The van der Waals surface area contributed by atoms with Crippen molar-refractivity contribution in [3.05, 3.63) is 16.3 Å². The highest BCUT2D eigenvalue weighted by molar-refractivity contribution is 5.85. The van der Waals surface area contributed by atoms with Gasteiger partial charge in [0.15, 0.2) is 0 Å². The third-order valence-corrected chi connectivity index (χ3v) is 3.24. The molecule has 0 bridgehead atoms. The van der Waals surface area contributed by atoms with Crippen LogP contribution in [0.25, 0.3) is 0 Å². The first-order valence-electron chi connectivity index (χ1n) is 5.75. The molecule has 9 heteroatoms. The standard InChI is InChI=1S/C10H17N5O2.2ClH/c1-13-10(9(6-12-13)15(16)17)14-4-2-3-8(5-11)7-14;;/h6,8H,2-5,7,11H2,1H3;2*1H. The van der Waals surface area contributed by atoms with Gasteiger partial charge in [-0.05, 0) is 25.3 Å². The summed E-state index contributed by atoms with van der Waals surface area (Å²) in [5.74, 6) is 1.01. The van der Waals surface area contributed by atoms with Crippen LogP contribution in [0, 0.1) is 16.0 Å². The molecule has 2 heterocycles. The molecule has 0 amide bonds. The van der Waals surface area contributed by atoms with Crippen molar-refractivity contribution < 1.29 is 4.92 Å². The van der Waals surface area contributed by atoms with Crippen molar-refractivity contribution >= 4 is 36.3 Å². The normalized spacial score (nSPS) is 18.4. The second-order valence-corrected chi connectivity index (χ2v) is 4.42. The van der Waals surface area contributed by atoms with Gasteiger partial charge in [0.05, 0.1) is 4.92 Å². The van der Waals surface area contributed by atoms with Crippen molar-refractivity contribution in [2.45, 2.75) is 12.8 Å². The first-order chi connectivity index (χ1) is 8.13. The topological polar surface area (TPSA) is 90.2 Å². The summed E-state index contributed by atoms with van der Waals surface area (Å²) in [4.78, 5) is 12.6. The van der Waals surface area contributed by atoms with E-state index in [1.807, 2.05) is 4.90 Å². The summed E-state index contributed by atoms with van der Waals surface area (Å²) in [6, 6.07) is 0. The van der Waals surface area contributed by atoms with Gasteiger partial charge in [-0.2, -0.15) is 5.10 Å². The number of rotatable bonds is 3. The number of hydrogen-bond acceptors (Lipinski definition) is 5. The molecule has 0 spiro atoms. The smallest absolute Gasteiger partial charge is 0.331 e.